The molecule has 0 N–H and O–H groups in total. The van der Waals surface area contributed by atoms with Crippen molar-refractivity contribution >= 4 is 7.28 Å². The van der Waals surface area contributed by atoms with Crippen LogP contribution >= 0.6 is 0 Å². The van der Waals surface area contributed by atoms with Gasteiger partial charge in [-0.3, -0.25) is 0 Å². The van der Waals surface area contributed by atoms with E-state index in [0.717, 1.165) is 11.7 Å². The summed E-state index contributed by atoms with van der Waals surface area (Å²) in [7, 11) is 2.65. The fraction of sp³-hybridized carbons (Fsp3) is 1.00. The number of hydrogen-bond acceptors (Lipinski definition) is 0. The lowest BCUT2D eigenvalue weighted by Gasteiger charge is -2.20. The zero-order chi connectivity index (χ0) is 10.6. The molecule has 1 saturated heterocycles. The summed E-state index contributed by atoms with van der Waals surface area (Å²) in [5.74, 6) is 1.88. The number of hydrogen-bond donors (Lipinski definition) is 0. The van der Waals surface area contributed by atoms with Gasteiger partial charge in [0.2, 0.25) is 0 Å². The highest BCUT2D eigenvalue weighted by Gasteiger charge is 2.54. The Kier molecular flexibility index (Phi) is 4.54. The Hall–Kier alpha value is 0.0649. The summed E-state index contributed by atoms with van der Waals surface area (Å²) in [5.41, 5.74) is 0. The molecule has 2 atom stereocenters. The van der Waals surface area contributed by atoms with Crippen molar-refractivity contribution in [2.45, 2.75) is 77.4 Å². The van der Waals surface area contributed by atoms with Crippen molar-refractivity contribution in [2.24, 2.45) is 5.92 Å². The summed E-state index contributed by atoms with van der Waals surface area (Å²) in [6.45, 7) is 9.40. The zero-order valence-electron chi connectivity index (χ0n) is 10.5. The fourth-order valence-corrected chi connectivity index (χ4v) is 3.23. The lowest BCUT2D eigenvalue weighted by atomic mass is 9.80. The van der Waals surface area contributed by atoms with Crippen molar-refractivity contribution in [1.82, 2.24) is 0 Å². The predicted molar refractivity (Wildman–Crippen MR) is 66.1 cm³/mol. The van der Waals surface area contributed by atoms with Gasteiger partial charge in [-0.1, -0.05) is 77.4 Å². The molecule has 1 radical (unpaired) electrons. The minimum atomic E-state index is 0.665. The summed E-state index contributed by atoms with van der Waals surface area (Å²) < 4.78 is 0. The van der Waals surface area contributed by atoms with Crippen LogP contribution in [0.1, 0.15) is 66.2 Å². The van der Waals surface area contributed by atoms with Gasteiger partial charge in [-0.15, -0.1) is 0 Å². The monoisotopic (exact) mass is 193 g/mol. The van der Waals surface area contributed by atoms with Gasteiger partial charge in [0.1, 0.15) is 7.28 Å². The third-order valence-corrected chi connectivity index (χ3v) is 3.85. The van der Waals surface area contributed by atoms with Crippen molar-refractivity contribution in [3.63, 3.8) is 0 Å². The molecule has 0 aromatic carbocycles. The zero-order valence-corrected chi connectivity index (χ0v) is 10.5. The normalized spacial score (nSPS) is 25.6. The minimum Gasteiger partial charge on any atom is -0.0672 e. The van der Waals surface area contributed by atoms with E-state index in [9.17, 15) is 0 Å². The maximum absolute atomic E-state index is 2.65. The SMILES string of the molecule is CCCC(C)C1[B]C1(CCC)CCC. The standard InChI is InChI=1S/C13H26B/c1-5-8-11(4)12-13(14-12,9-6-2)10-7-3/h11-12H,5-10H2,1-4H3. The smallest absolute Gasteiger partial charge is 0.0672 e. The maximum Gasteiger partial charge on any atom is 0.121 e. The van der Waals surface area contributed by atoms with Crippen molar-refractivity contribution in [3.8, 4) is 0 Å². The van der Waals surface area contributed by atoms with E-state index in [1.165, 1.54) is 38.5 Å². The van der Waals surface area contributed by atoms with Gasteiger partial charge in [0.25, 0.3) is 0 Å². The van der Waals surface area contributed by atoms with Gasteiger partial charge >= 0.3 is 0 Å². The minimum absolute atomic E-state index is 0.665. The third kappa shape index (κ3) is 2.55. The van der Waals surface area contributed by atoms with Gasteiger partial charge in [0.05, 0.1) is 0 Å². The average Bonchev–Trinajstić information content (AvgIpc) is 2.81. The quantitative estimate of drug-likeness (QED) is 0.514. The van der Waals surface area contributed by atoms with Crippen LogP contribution in [0.4, 0.5) is 0 Å². The first kappa shape index (κ1) is 12.1. The Morgan fingerprint density at radius 3 is 2.07 bits per heavy atom. The highest BCUT2D eigenvalue weighted by molar-refractivity contribution is 6.57. The predicted octanol–water partition coefficient (Wildman–Crippen LogP) is 4.69. The van der Waals surface area contributed by atoms with Crippen molar-refractivity contribution in [1.29, 1.82) is 0 Å². The van der Waals surface area contributed by atoms with E-state index < -0.39 is 0 Å². The molecular formula is C13H26B. The molecule has 1 heterocycles. The van der Waals surface area contributed by atoms with Crippen LogP contribution in [0, 0.1) is 5.92 Å². The lowest BCUT2D eigenvalue weighted by Crippen LogP contribution is -2.00. The van der Waals surface area contributed by atoms with Crippen molar-refractivity contribution in [3.05, 3.63) is 0 Å². The summed E-state index contributed by atoms with van der Waals surface area (Å²) in [5, 5.41) is 0.665. The maximum atomic E-state index is 2.65. The second kappa shape index (κ2) is 5.23. The van der Waals surface area contributed by atoms with E-state index >= 15 is 0 Å². The topological polar surface area (TPSA) is 0 Å². The van der Waals surface area contributed by atoms with Crippen LogP contribution in [0.5, 0.6) is 0 Å². The Morgan fingerprint density at radius 2 is 1.64 bits per heavy atom. The van der Waals surface area contributed by atoms with Crippen molar-refractivity contribution < 1.29 is 0 Å². The number of rotatable bonds is 7. The molecule has 1 rings (SSSR count). The summed E-state index contributed by atoms with van der Waals surface area (Å²) in [4.78, 5) is 0. The van der Waals surface area contributed by atoms with Crippen LogP contribution < -0.4 is 0 Å². The first-order valence-corrected chi connectivity index (χ1v) is 6.56. The highest BCUT2D eigenvalue weighted by Crippen LogP contribution is 2.67. The molecule has 0 aromatic heterocycles. The van der Waals surface area contributed by atoms with Crippen LogP contribution in [0.2, 0.25) is 11.1 Å². The van der Waals surface area contributed by atoms with Crippen LogP contribution in [0.3, 0.4) is 0 Å². The lowest BCUT2D eigenvalue weighted by molar-refractivity contribution is 0.419. The molecule has 81 valence electrons. The summed E-state index contributed by atoms with van der Waals surface area (Å²) in [6.07, 6.45) is 8.33. The van der Waals surface area contributed by atoms with Gasteiger partial charge in [0.15, 0.2) is 0 Å². The van der Waals surface area contributed by atoms with Gasteiger partial charge in [-0.25, -0.2) is 0 Å². The Morgan fingerprint density at radius 1 is 1.07 bits per heavy atom. The van der Waals surface area contributed by atoms with Crippen LogP contribution in [-0.2, 0) is 0 Å². The Balaban J connectivity index is 2.42. The molecule has 0 aliphatic carbocycles. The summed E-state index contributed by atoms with van der Waals surface area (Å²) >= 11 is 0. The van der Waals surface area contributed by atoms with E-state index in [0.29, 0.717) is 5.31 Å². The molecule has 1 fully saturated rings. The first-order valence-electron chi connectivity index (χ1n) is 6.56. The van der Waals surface area contributed by atoms with E-state index in [4.69, 9.17) is 0 Å². The average molecular weight is 193 g/mol. The Bertz CT molecular complexity index is 159. The van der Waals surface area contributed by atoms with Gasteiger partial charge in [0, 0.05) is 0 Å². The van der Waals surface area contributed by atoms with Gasteiger partial charge < -0.3 is 0 Å². The van der Waals surface area contributed by atoms with Crippen LogP contribution in [0.25, 0.3) is 0 Å². The Labute approximate surface area is 91.1 Å². The van der Waals surface area contributed by atoms with E-state index in [2.05, 4.69) is 35.0 Å². The molecule has 14 heavy (non-hydrogen) atoms. The molecule has 1 aliphatic heterocycles. The molecule has 0 bridgehead atoms. The summed E-state index contributed by atoms with van der Waals surface area (Å²) in [6, 6.07) is 0. The first-order chi connectivity index (χ1) is 6.70. The van der Waals surface area contributed by atoms with Crippen LogP contribution in [-0.4, -0.2) is 7.28 Å². The second-order valence-electron chi connectivity index (χ2n) is 5.19. The fourth-order valence-electron chi connectivity index (χ4n) is 3.23. The molecule has 0 aromatic rings. The molecule has 0 saturated carbocycles. The van der Waals surface area contributed by atoms with E-state index in [1.54, 1.807) is 0 Å². The third-order valence-electron chi connectivity index (χ3n) is 3.85. The van der Waals surface area contributed by atoms with Gasteiger partial charge in [-0.2, -0.15) is 0 Å². The molecule has 1 aliphatic rings. The molecular weight excluding hydrogens is 167 g/mol. The van der Waals surface area contributed by atoms with Crippen molar-refractivity contribution in [2.75, 3.05) is 0 Å². The molecule has 0 spiro atoms. The second-order valence-corrected chi connectivity index (χ2v) is 5.19. The largest absolute Gasteiger partial charge is 0.121 e. The molecule has 2 unspecified atom stereocenters. The molecule has 1 heteroatoms. The van der Waals surface area contributed by atoms with E-state index in [-0.39, 0.29) is 0 Å². The highest BCUT2D eigenvalue weighted by atomic mass is 14.4. The molecule has 0 nitrogen and oxygen atoms in total. The van der Waals surface area contributed by atoms with E-state index in [1.807, 2.05) is 0 Å². The molecule has 0 amide bonds. The van der Waals surface area contributed by atoms with Crippen LogP contribution in [0.15, 0.2) is 0 Å². The van der Waals surface area contributed by atoms with Gasteiger partial charge in [-0.05, 0) is 5.92 Å².